The Morgan fingerprint density at radius 1 is 0.500 bits per heavy atom. The van der Waals surface area contributed by atoms with Crippen LogP contribution in [0.2, 0.25) is 0 Å². The van der Waals surface area contributed by atoms with Gasteiger partial charge in [0.05, 0.1) is 26.2 Å². The predicted octanol–water partition coefficient (Wildman–Crippen LogP) is 0.891. The summed E-state index contributed by atoms with van der Waals surface area (Å²) in [6, 6.07) is 20.6. The Kier molecular flexibility index (Phi) is 11.0. The van der Waals surface area contributed by atoms with Crippen LogP contribution in [-0.4, -0.2) is 143 Å². The number of carboxylic acids is 2. The van der Waals surface area contributed by atoms with E-state index < -0.39 is 73.6 Å². The Morgan fingerprint density at radius 3 is 1.11 bits per heavy atom. The Labute approximate surface area is 307 Å². The molecule has 0 atom stereocenters. The van der Waals surface area contributed by atoms with Gasteiger partial charge in [-0.05, 0) is 35.0 Å². The first-order valence-corrected chi connectivity index (χ1v) is 17.1. The molecule has 0 saturated heterocycles. The Hall–Kier alpha value is -6.52. The normalized spacial score (nSPS) is 13.7. The van der Waals surface area contributed by atoms with Gasteiger partial charge < -0.3 is 20.8 Å². The van der Waals surface area contributed by atoms with E-state index in [4.69, 9.17) is 0 Å². The van der Waals surface area contributed by atoms with Crippen molar-refractivity contribution in [2.24, 2.45) is 0 Å². The molecule has 0 aromatic heterocycles. The summed E-state index contributed by atoms with van der Waals surface area (Å²) in [6.07, 6.45) is 0. The van der Waals surface area contributed by atoms with Gasteiger partial charge in [-0.25, -0.2) is 0 Å². The number of aliphatic carboxylic acids is 2. The Morgan fingerprint density at radius 2 is 0.815 bits per heavy atom. The monoisotopic (exact) mass is 736 g/mol. The quantitative estimate of drug-likeness (QED) is 0.111. The molecule has 0 radical (unpaired) electrons. The average molecular weight is 737 g/mol. The molecule has 0 fully saturated rings. The highest BCUT2D eigenvalue weighted by Crippen LogP contribution is 2.31. The van der Waals surface area contributed by atoms with Crippen molar-refractivity contribution in [1.82, 2.24) is 30.2 Å². The molecule has 16 heteroatoms. The van der Waals surface area contributed by atoms with Crippen LogP contribution < -0.4 is 10.6 Å². The number of carbonyl (C=O) groups excluding carboxylic acids is 6. The second-order valence-electron chi connectivity index (χ2n) is 12.9. The first-order chi connectivity index (χ1) is 25.9. The maximum absolute atomic E-state index is 13.1. The molecule has 2 aliphatic heterocycles. The van der Waals surface area contributed by atoms with Crippen molar-refractivity contribution in [2.45, 2.75) is 0 Å². The summed E-state index contributed by atoms with van der Waals surface area (Å²) in [4.78, 5) is 106. The first kappa shape index (κ1) is 37.2. The lowest BCUT2D eigenvalue weighted by Gasteiger charge is -2.28. The summed E-state index contributed by atoms with van der Waals surface area (Å²) in [5.74, 6) is -5.67. The molecule has 0 unspecified atom stereocenters. The smallest absolute Gasteiger partial charge is 0.317 e. The van der Waals surface area contributed by atoms with Gasteiger partial charge >= 0.3 is 11.9 Å². The SMILES string of the molecule is O=C(O)CN(CCN(CC(=O)O)CC(=O)NCCN1C(=O)c2cccc3cccc(c23)C1=O)CC(=O)NCCN1C(=O)c2cccc3cccc(c23)C1=O. The van der Waals surface area contributed by atoms with E-state index in [2.05, 4.69) is 10.6 Å². The van der Waals surface area contributed by atoms with Gasteiger partial charge in [-0.3, -0.25) is 58.0 Å². The summed E-state index contributed by atoms with van der Waals surface area (Å²) < 4.78 is 0. The van der Waals surface area contributed by atoms with Gasteiger partial charge in [0.15, 0.2) is 0 Å². The molecule has 4 aromatic carbocycles. The number of nitrogens with zero attached hydrogens (tertiary/aromatic N) is 4. The van der Waals surface area contributed by atoms with Crippen LogP contribution in [0.25, 0.3) is 21.5 Å². The number of rotatable bonds is 17. The van der Waals surface area contributed by atoms with Crippen LogP contribution in [0.1, 0.15) is 41.4 Å². The van der Waals surface area contributed by atoms with E-state index >= 15 is 0 Å². The molecule has 2 aliphatic rings. The van der Waals surface area contributed by atoms with E-state index in [9.17, 15) is 48.6 Å². The number of carboxylic acid groups (broad SMARTS) is 2. The standard InChI is InChI=1S/C38H36N6O10/c45-29(39-13-15-43-35(51)25-9-1-5-23-6-2-10-26(33(23)25)36(43)52)19-41(21-31(47)48)17-18-42(22-32(49)50)20-30(46)40-14-16-44-37(53)27-11-3-7-24-8-4-12-28(34(24)27)38(44)54/h1-12H,13-22H2,(H,39,45)(H,40,46)(H,47,48)(H,49,50). The van der Waals surface area contributed by atoms with Crippen molar-refractivity contribution < 1.29 is 48.6 Å². The fourth-order valence-electron chi connectivity index (χ4n) is 6.79. The summed E-state index contributed by atoms with van der Waals surface area (Å²) >= 11 is 0. The number of amides is 6. The van der Waals surface area contributed by atoms with E-state index in [1.807, 2.05) is 24.3 Å². The molecule has 0 aliphatic carbocycles. The third-order valence-electron chi connectivity index (χ3n) is 9.21. The van der Waals surface area contributed by atoms with Crippen LogP contribution in [0.3, 0.4) is 0 Å². The molecule has 0 bridgehead atoms. The highest BCUT2D eigenvalue weighted by atomic mass is 16.4. The minimum Gasteiger partial charge on any atom is -0.480 e. The zero-order chi connectivity index (χ0) is 38.5. The second kappa shape index (κ2) is 16.0. The number of benzene rings is 4. The zero-order valence-corrected chi connectivity index (χ0v) is 28.9. The lowest BCUT2D eigenvalue weighted by Crippen LogP contribution is -2.49. The zero-order valence-electron chi connectivity index (χ0n) is 28.9. The molecule has 16 nitrogen and oxygen atoms in total. The van der Waals surface area contributed by atoms with E-state index in [1.54, 1.807) is 48.5 Å². The highest BCUT2D eigenvalue weighted by molar-refractivity contribution is 6.26. The van der Waals surface area contributed by atoms with Crippen molar-refractivity contribution in [3.05, 3.63) is 95.1 Å². The van der Waals surface area contributed by atoms with Gasteiger partial charge in [-0.1, -0.05) is 48.5 Å². The van der Waals surface area contributed by atoms with Gasteiger partial charge in [0, 0.05) is 72.3 Å². The molecule has 0 saturated carbocycles. The molecule has 2 heterocycles. The van der Waals surface area contributed by atoms with Gasteiger partial charge in [-0.2, -0.15) is 0 Å². The van der Waals surface area contributed by atoms with Gasteiger partial charge in [-0.15, -0.1) is 0 Å². The molecular formula is C38H36N6O10. The Bertz CT molecular complexity index is 1960. The molecule has 6 amide bonds. The molecule has 4 N–H and O–H groups in total. The minimum absolute atomic E-state index is 0.0997. The van der Waals surface area contributed by atoms with Crippen LogP contribution in [-0.2, 0) is 19.2 Å². The maximum atomic E-state index is 13.1. The van der Waals surface area contributed by atoms with E-state index in [-0.39, 0.29) is 39.3 Å². The lowest BCUT2D eigenvalue weighted by molar-refractivity contribution is -0.141. The number of hydrogen-bond donors (Lipinski definition) is 4. The van der Waals surface area contributed by atoms with Crippen molar-refractivity contribution >= 4 is 68.9 Å². The van der Waals surface area contributed by atoms with E-state index in [0.29, 0.717) is 33.0 Å². The number of carbonyl (C=O) groups is 8. The minimum atomic E-state index is -1.25. The fraction of sp³-hybridized carbons (Fsp3) is 0.263. The highest BCUT2D eigenvalue weighted by Gasteiger charge is 2.34. The third-order valence-corrected chi connectivity index (χ3v) is 9.21. The summed E-state index contributed by atoms with van der Waals surface area (Å²) in [5.41, 5.74) is 1.49. The summed E-state index contributed by atoms with van der Waals surface area (Å²) in [6.45, 7) is -2.61. The largest absolute Gasteiger partial charge is 0.480 e. The predicted molar refractivity (Wildman–Crippen MR) is 193 cm³/mol. The van der Waals surface area contributed by atoms with Crippen LogP contribution in [0.4, 0.5) is 0 Å². The van der Waals surface area contributed by atoms with Crippen molar-refractivity contribution in [2.75, 3.05) is 65.4 Å². The topological polar surface area (TPSA) is 214 Å². The van der Waals surface area contributed by atoms with E-state index in [1.165, 1.54) is 9.80 Å². The molecule has 4 aromatic rings. The van der Waals surface area contributed by atoms with Crippen molar-refractivity contribution in [3.8, 4) is 0 Å². The second-order valence-corrected chi connectivity index (χ2v) is 12.9. The van der Waals surface area contributed by atoms with E-state index in [0.717, 1.165) is 20.6 Å². The first-order valence-electron chi connectivity index (χ1n) is 17.1. The van der Waals surface area contributed by atoms with Crippen LogP contribution in [0.5, 0.6) is 0 Å². The molecule has 54 heavy (non-hydrogen) atoms. The van der Waals surface area contributed by atoms with Crippen LogP contribution in [0, 0.1) is 0 Å². The molecular weight excluding hydrogens is 700 g/mol. The van der Waals surface area contributed by atoms with Gasteiger partial charge in [0.25, 0.3) is 23.6 Å². The average Bonchev–Trinajstić information content (AvgIpc) is 3.13. The maximum Gasteiger partial charge on any atom is 0.317 e. The van der Waals surface area contributed by atoms with Crippen molar-refractivity contribution in [3.63, 3.8) is 0 Å². The number of nitrogens with one attached hydrogen (secondary N) is 2. The van der Waals surface area contributed by atoms with Gasteiger partial charge in [0.1, 0.15) is 0 Å². The van der Waals surface area contributed by atoms with Gasteiger partial charge in [0.2, 0.25) is 11.8 Å². The molecule has 0 spiro atoms. The third kappa shape index (κ3) is 7.94. The van der Waals surface area contributed by atoms with Crippen molar-refractivity contribution in [1.29, 1.82) is 0 Å². The fourth-order valence-corrected chi connectivity index (χ4v) is 6.79. The molecule has 6 rings (SSSR count). The lowest BCUT2D eigenvalue weighted by atomic mass is 9.94. The number of hydrogen-bond acceptors (Lipinski definition) is 10. The van der Waals surface area contributed by atoms with Crippen LogP contribution in [0.15, 0.2) is 72.8 Å². The van der Waals surface area contributed by atoms with Crippen LogP contribution >= 0.6 is 0 Å². The number of imide groups is 2. The Balaban J connectivity index is 0.988. The molecule has 278 valence electrons. The summed E-state index contributed by atoms with van der Waals surface area (Å²) in [7, 11) is 0. The summed E-state index contributed by atoms with van der Waals surface area (Å²) in [5, 5.41) is 26.8.